The van der Waals surface area contributed by atoms with Crippen LogP contribution in [0.25, 0.3) is 0 Å². The average Bonchev–Trinajstić information content (AvgIpc) is 1.87. The minimum absolute atomic E-state index is 0.167. The van der Waals surface area contributed by atoms with Crippen molar-refractivity contribution in [2.75, 3.05) is 7.11 Å². The molecule has 0 amide bonds. The Morgan fingerprint density at radius 3 is 2.20 bits per heavy atom. The van der Waals surface area contributed by atoms with Gasteiger partial charge in [-0.25, -0.2) is 8.78 Å². The number of methoxy groups -OCH3 is 1. The highest BCUT2D eigenvalue weighted by Gasteiger charge is 2.47. The summed E-state index contributed by atoms with van der Waals surface area (Å²) in [4.78, 5) is 10.5. The van der Waals surface area contributed by atoms with Gasteiger partial charge in [0.05, 0.1) is 7.11 Å². The van der Waals surface area contributed by atoms with Gasteiger partial charge in [-0.15, -0.1) is 0 Å². The number of alkyl halides is 2. The van der Waals surface area contributed by atoms with E-state index in [9.17, 15) is 13.6 Å². The van der Waals surface area contributed by atoms with Crippen LogP contribution >= 0.6 is 0 Å². The molecule has 2 unspecified atom stereocenters. The molecule has 0 saturated heterocycles. The SMILES string of the molecule is COC(=O)C1C(F)CC1F. The van der Waals surface area contributed by atoms with Gasteiger partial charge < -0.3 is 4.74 Å². The summed E-state index contributed by atoms with van der Waals surface area (Å²) in [6.45, 7) is 0. The summed E-state index contributed by atoms with van der Waals surface area (Å²) in [7, 11) is 1.13. The monoisotopic (exact) mass is 150 g/mol. The van der Waals surface area contributed by atoms with E-state index in [0.29, 0.717) is 0 Å². The molecule has 0 aromatic carbocycles. The number of ether oxygens (including phenoxy) is 1. The summed E-state index contributed by atoms with van der Waals surface area (Å²) < 4.78 is 28.8. The quantitative estimate of drug-likeness (QED) is 0.518. The van der Waals surface area contributed by atoms with Crippen LogP contribution in [0.2, 0.25) is 0 Å². The van der Waals surface area contributed by atoms with E-state index >= 15 is 0 Å². The molecule has 0 aliphatic heterocycles. The lowest BCUT2D eigenvalue weighted by atomic mass is 9.81. The Kier molecular flexibility index (Phi) is 1.87. The van der Waals surface area contributed by atoms with E-state index < -0.39 is 24.2 Å². The average molecular weight is 150 g/mol. The number of carbonyl (C=O) groups excluding carboxylic acids is 1. The van der Waals surface area contributed by atoms with Gasteiger partial charge in [0, 0.05) is 6.42 Å². The highest BCUT2D eigenvalue weighted by molar-refractivity contribution is 5.75. The van der Waals surface area contributed by atoms with Gasteiger partial charge in [-0.3, -0.25) is 4.79 Å². The third-order valence-electron chi connectivity index (χ3n) is 1.70. The van der Waals surface area contributed by atoms with Gasteiger partial charge >= 0.3 is 5.97 Å². The van der Waals surface area contributed by atoms with Crippen molar-refractivity contribution in [3.63, 3.8) is 0 Å². The Hall–Kier alpha value is -0.670. The molecule has 0 aromatic heterocycles. The van der Waals surface area contributed by atoms with E-state index in [1.807, 2.05) is 0 Å². The van der Waals surface area contributed by atoms with Crippen LogP contribution in [-0.4, -0.2) is 25.4 Å². The van der Waals surface area contributed by atoms with Crippen LogP contribution < -0.4 is 0 Å². The maximum atomic E-state index is 12.3. The molecule has 0 spiro atoms. The van der Waals surface area contributed by atoms with Crippen LogP contribution in [0, 0.1) is 5.92 Å². The molecule has 0 aromatic rings. The summed E-state index contributed by atoms with van der Waals surface area (Å²) in [5.74, 6) is -1.95. The number of rotatable bonds is 1. The molecule has 4 heteroatoms. The van der Waals surface area contributed by atoms with Gasteiger partial charge in [0.15, 0.2) is 0 Å². The molecular formula is C6H8F2O2. The predicted octanol–water partition coefficient (Wildman–Crippen LogP) is 0.855. The third kappa shape index (κ3) is 0.978. The van der Waals surface area contributed by atoms with Gasteiger partial charge in [-0.1, -0.05) is 0 Å². The van der Waals surface area contributed by atoms with Crippen LogP contribution in [0.3, 0.4) is 0 Å². The van der Waals surface area contributed by atoms with E-state index in [1.54, 1.807) is 0 Å². The second kappa shape index (κ2) is 2.52. The normalized spacial score (nSPS) is 38.5. The van der Waals surface area contributed by atoms with Crippen LogP contribution in [0.1, 0.15) is 6.42 Å². The first-order chi connectivity index (χ1) is 4.66. The lowest BCUT2D eigenvalue weighted by Gasteiger charge is -2.31. The zero-order valence-electron chi connectivity index (χ0n) is 5.51. The minimum atomic E-state index is -1.34. The molecular weight excluding hydrogens is 142 g/mol. The fourth-order valence-corrected chi connectivity index (χ4v) is 0.970. The zero-order chi connectivity index (χ0) is 7.72. The molecule has 0 N–H and O–H groups in total. The van der Waals surface area contributed by atoms with Crippen molar-refractivity contribution in [1.29, 1.82) is 0 Å². The van der Waals surface area contributed by atoms with Crippen molar-refractivity contribution >= 4 is 5.97 Å². The van der Waals surface area contributed by atoms with E-state index in [4.69, 9.17) is 0 Å². The largest absolute Gasteiger partial charge is 0.469 e. The van der Waals surface area contributed by atoms with Crippen LogP contribution in [0.4, 0.5) is 8.78 Å². The minimum Gasteiger partial charge on any atom is -0.469 e. The standard InChI is InChI=1S/C6H8F2O2/c1-10-6(9)5-3(7)2-4(5)8/h3-5H,2H2,1H3. The lowest BCUT2D eigenvalue weighted by molar-refractivity contribution is -0.158. The Morgan fingerprint density at radius 1 is 1.50 bits per heavy atom. The molecule has 1 aliphatic rings. The van der Waals surface area contributed by atoms with E-state index in [2.05, 4.69) is 4.74 Å². The second-order valence-electron chi connectivity index (χ2n) is 2.32. The number of carbonyl (C=O) groups is 1. The lowest BCUT2D eigenvalue weighted by Crippen LogP contribution is -2.45. The number of esters is 1. The third-order valence-corrected chi connectivity index (χ3v) is 1.70. The van der Waals surface area contributed by atoms with E-state index in [1.165, 1.54) is 0 Å². The number of hydrogen-bond acceptors (Lipinski definition) is 2. The summed E-state index contributed by atoms with van der Waals surface area (Å²) >= 11 is 0. The van der Waals surface area contributed by atoms with Gasteiger partial charge in [0.1, 0.15) is 18.3 Å². The maximum absolute atomic E-state index is 12.3. The molecule has 0 radical (unpaired) electrons. The Bertz CT molecular complexity index is 141. The van der Waals surface area contributed by atoms with Gasteiger partial charge in [0.2, 0.25) is 0 Å². The maximum Gasteiger partial charge on any atom is 0.314 e. The van der Waals surface area contributed by atoms with Crippen molar-refractivity contribution in [2.45, 2.75) is 18.8 Å². The molecule has 1 aliphatic carbocycles. The van der Waals surface area contributed by atoms with Crippen molar-refractivity contribution < 1.29 is 18.3 Å². The molecule has 1 rings (SSSR count). The Labute approximate surface area is 57.2 Å². The molecule has 1 fully saturated rings. The first-order valence-corrected chi connectivity index (χ1v) is 3.02. The fraction of sp³-hybridized carbons (Fsp3) is 0.833. The summed E-state index contributed by atoms with van der Waals surface area (Å²) in [5.41, 5.74) is 0. The first kappa shape index (κ1) is 7.44. The Morgan fingerprint density at radius 2 is 2.00 bits per heavy atom. The molecule has 0 heterocycles. The van der Waals surface area contributed by atoms with Crippen molar-refractivity contribution in [3.05, 3.63) is 0 Å². The highest BCUT2D eigenvalue weighted by atomic mass is 19.2. The molecule has 2 atom stereocenters. The van der Waals surface area contributed by atoms with Gasteiger partial charge in [0.25, 0.3) is 0 Å². The molecule has 2 nitrogen and oxygen atoms in total. The number of halogens is 2. The Balaban J connectivity index is 2.47. The van der Waals surface area contributed by atoms with Crippen LogP contribution in [-0.2, 0) is 9.53 Å². The summed E-state index contributed by atoms with van der Waals surface area (Å²) in [5, 5.41) is 0. The molecule has 58 valence electrons. The van der Waals surface area contributed by atoms with Crippen molar-refractivity contribution in [1.82, 2.24) is 0 Å². The first-order valence-electron chi connectivity index (χ1n) is 3.02. The summed E-state index contributed by atoms with van der Waals surface area (Å²) in [6.07, 6.45) is -2.86. The van der Waals surface area contributed by atoms with Crippen molar-refractivity contribution in [3.8, 4) is 0 Å². The fourth-order valence-electron chi connectivity index (χ4n) is 0.970. The van der Waals surface area contributed by atoms with Crippen LogP contribution in [0.5, 0.6) is 0 Å². The van der Waals surface area contributed by atoms with Gasteiger partial charge in [-0.05, 0) is 0 Å². The van der Waals surface area contributed by atoms with E-state index in [0.717, 1.165) is 7.11 Å². The van der Waals surface area contributed by atoms with E-state index in [-0.39, 0.29) is 6.42 Å². The van der Waals surface area contributed by atoms with Crippen molar-refractivity contribution in [2.24, 2.45) is 5.92 Å². The van der Waals surface area contributed by atoms with Crippen LogP contribution in [0.15, 0.2) is 0 Å². The second-order valence-corrected chi connectivity index (χ2v) is 2.32. The molecule has 1 saturated carbocycles. The highest BCUT2D eigenvalue weighted by Crippen LogP contribution is 2.34. The smallest absolute Gasteiger partial charge is 0.314 e. The number of hydrogen-bond donors (Lipinski definition) is 0. The zero-order valence-corrected chi connectivity index (χ0v) is 5.51. The molecule has 0 bridgehead atoms. The van der Waals surface area contributed by atoms with Gasteiger partial charge in [-0.2, -0.15) is 0 Å². The summed E-state index contributed by atoms with van der Waals surface area (Å²) in [6, 6.07) is 0. The molecule has 10 heavy (non-hydrogen) atoms. The predicted molar refractivity (Wildman–Crippen MR) is 29.9 cm³/mol. The topological polar surface area (TPSA) is 26.3 Å².